The molecule has 7 nitrogen and oxygen atoms in total. The van der Waals surface area contributed by atoms with Gasteiger partial charge in [-0.3, -0.25) is 9.59 Å². The fourth-order valence-electron chi connectivity index (χ4n) is 5.23. The van der Waals surface area contributed by atoms with E-state index in [2.05, 4.69) is 0 Å². The van der Waals surface area contributed by atoms with E-state index in [0.29, 0.717) is 41.3 Å². The molecule has 5 aromatic carbocycles. The van der Waals surface area contributed by atoms with Crippen LogP contribution in [0.3, 0.4) is 0 Å². The van der Waals surface area contributed by atoms with Crippen molar-refractivity contribution in [3.63, 3.8) is 0 Å². The van der Waals surface area contributed by atoms with Crippen LogP contribution < -0.4 is 24.5 Å². The summed E-state index contributed by atoms with van der Waals surface area (Å²) in [6.07, 6.45) is 0. The number of nitrogens with zero attached hydrogens (tertiary/aromatic N) is 1. The van der Waals surface area contributed by atoms with Crippen LogP contribution in [0.2, 0.25) is 0 Å². The summed E-state index contributed by atoms with van der Waals surface area (Å²) in [7, 11) is 1.66. The van der Waals surface area contributed by atoms with Crippen molar-refractivity contribution in [1.29, 1.82) is 0 Å². The Balaban J connectivity index is 1.48. The number of ether oxygens (including phenoxy) is 3. The van der Waals surface area contributed by atoms with E-state index < -0.39 is 0 Å². The molecule has 47 heavy (non-hydrogen) atoms. The van der Waals surface area contributed by atoms with Gasteiger partial charge in [0.05, 0.1) is 11.1 Å². The molecule has 1 heterocycles. The maximum atomic E-state index is 14.2. The molecule has 1 aromatic heterocycles. The Morgan fingerprint density at radius 3 is 1.77 bits per heavy atom. The highest BCUT2D eigenvalue weighted by Crippen LogP contribution is 2.40. The first kappa shape index (κ1) is 31.2. The van der Waals surface area contributed by atoms with Gasteiger partial charge in [-0.2, -0.15) is 0 Å². The van der Waals surface area contributed by atoms with Gasteiger partial charge >= 0.3 is 0 Å². The van der Waals surface area contributed by atoms with Crippen LogP contribution in [-0.2, 0) is 24.6 Å². The number of rotatable bonds is 11. The minimum absolute atomic E-state index is 0.0651. The number of carbonyl (C=O) groups excluding carboxylic acids is 1. The molecule has 0 bridgehead atoms. The third kappa shape index (κ3) is 7.20. The van der Waals surface area contributed by atoms with Crippen LogP contribution in [0.25, 0.3) is 22.3 Å². The second-order valence-corrected chi connectivity index (χ2v) is 11.3. The number of aryl methyl sites for hydroxylation is 1. The van der Waals surface area contributed by atoms with E-state index in [-0.39, 0.29) is 35.0 Å². The zero-order valence-corrected chi connectivity index (χ0v) is 26.6. The Bertz CT molecular complexity index is 2060. The highest BCUT2D eigenvalue weighted by Gasteiger charge is 2.23. The third-order valence-corrected chi connectivity index (χ3v) is 7.81. The van der Waals surface area contributed by atoms with Crippen LogP contribution in [0.5, 0.6) is 17.2 Å². The van der Waals surface area contributed by atoms with Crippen molar-refractivity contribution in [2.24, 2.45) is 0 Å². The zero-order valence-electron chi connectivity index (χ0n) is 26.6. The van der Waals surface area contributed by atoms with Crippen molar-refractivity contribution < 1.29 is 23.4 Å². The lowest BCUT2D eigenvalue weighted by molar-refractivity contribution is -0.116. The average molecular weight is 626 g/mol. The van der Waals surface area contributed by atoms with Crippen molar-refractivity contribution in [3.8, 4) is 28.6 Å². The quantitative estimate of drug-likeness (QED) is 0.144. The Hall–Kier alpha value is -5.82. The summed E-state index contributed by atoms with van der Waals surface area (Å²) in [5.41, 5.74) is 4.71. The number of benzene rings is 5. The van der Waals surface area contributed by atoms with Crippen LogP contribution in [0.15, 0.2) is 131 Å². The lowest BCUT2D eigenvalue weighted by atomic mass is 10.1. The van der Waals surface area contributed by atoms with E-state index in [1.54, 1.807) is 19.2 Å². The average Bonchev–Trinajstić information content (AvgIpc) is 3.10. The van der Waals surface area contributed by atoms with Gasteiger partial charge in [0.1, 0.15) is 19.8 Å². The standard InChI is InChI=1S/C40H35NO6/c1-27-21-33-37(43)40(46-26-31-17-11-6-12-18-31)38(47-39(33)34(22-27)41(3)28(2)42)32-19-20-35(44-24-29-13-7-4-8-14-29)36(23-32)45-25-30-15-9-5-10-16-30/h4-23H,24-26H2,1-3H3. The summed E-state index contributed by atoms with van der Waals surface area (Å²) in [6, 6.07) is 38.4. The molecule has 0 saturated carbocycles. The molecule has 0 saturated heterocycles. The van der Waals surface area contributed by atoms with Gasteiger partial charge in [0, 0.05) is 19.5 Å². The zero-order chi connectivity index (χ0) is 32.8. The summed E-state index contributed by atoms with van der Waals surface area (Å²) in [6.45, 7) is 4.15. The third-order valence-electron chi connectivity index (χ3n) is 7.81. The van der Waals surface area contributed by atoms with E-state index in [9.17, 15) is 9.59 Å². The molecule has 0 spiro atoms. The summed E-state index contributed by atoms with van der Waals surface area (Å²) in [5.74, 6) is 1.11. The molecule has 0 radical (unpaired) electrons. The largest absolute Gasteiger partial charge is 0.485 e. The number of carbonyl (C=O) groups is 1. The molecular weight excluding hydrogens is 590 g/mol. The number of fused-ring (bicyclic) bond motifs is 1. The Morgan fingerprint density at radius 1 is 0.681 bits per heavy atom. The molecule has 6 aromatic rings. The number of anilines is 1. The van der Waals surface area contributed by atoms with Crippen molar-refractivity contribution in [2.45, 2.75) is 33.7 Å². The summed E-state index contributed by atoms with van der Waals surface area (Å²) < 4.78 is 25.4. The molecule has 0 aliphatic carbocycles. The van der Waals surface area contributed by atoms with Crippen LogP contribution in [0.1, 0.15) is 29.2 Å². The summed E-state index contributed by atoms with van der Waals surface area (Å²) in [4.78, 5) is 28.1. The number of hydrogen-bond donors (Lipinski definition) is 0. The summed E-state index contributed by atoms with van der Waals surface area (Å²) in [5, 5.41) is 0.322. The normalized spacial score (nSPS) is 10.9. The molecule has 236 valence electrons. The number of hydrogen-bond acceptors (Lipinski definition) is 6. The fourth-order valence-corrected chi connectivity index (χ4v) is 5.23. The fraction of sp³-hybridized carbons (Fsp3) is 0.150. The van der Waals surface area contributed by atoms with Crippen LogP contribution in [-0.4, -0.2) is 13.0 Å². The van der Waals surface area contributed by atoms with Gasteiger partial charge in [0.2, 0.25) is 17.1 Å². The van der Waals surface area contributed by atoms with Crippen molar-refractivity contribution >= 4 is 22.6 Å². The molecule has 6 rings (SSSR count). The first-order valence-corrected chi connectivity index (χ1v) is 15.4. The van der Waals surface area contributed by atoms with Crippen LogP contribution >= 0.6 is 0 Å². The first-order valence-electron chi connectivity index (χ1n) is 15.4. The molecule has 0 unspecified atom stereocenters. The highest BCUT2D eigenvalue weighted by molar-refractivity contribution is 6.01. The minimum Gasteiger partial charge on any atom is -0.485 e. The maximum Gasteiger partial charge on any atom is 0.235 e. The van der Waals surface area contributed by atoms with Gasteiger partial charge in [-0.25, -0.2) is 0 Å². The van der Waals surface area contributed by atoms with E-state index in [0.717, 1.165) is 22.3 Å². The molecule has 0 atom stereocenters. The number of amides is 1. The van der Waals surface area contributed by atoms with E-state index in [1.165, 1.54) is 11.8 Å². The van der Waals surface area contributed by atoms with Gasteiger partial charge < -0.3 is 23.5 Å². The van der Waals surface area contributed by atoms with E-state index in [4.69, 9.17) is 18.6 Å². The molecule has 1 amide bonds. The second-order valence-electron chi connectivity index (χ2n) is 11.3. The van der Waals surface area contributed by atoms with Gasteiger partial charge in [-0.05, 0) is 59.5 Å². The lowest BCUT2D eigenvalue weighted by Gasteiger charge is -2.20. The van der Waals surface area contributed by atoms with Crippen LogP contribution in [0.4, 0.5) is 5.69 Å². The maximum absolute atomic E-state index is 14.2. The smallest absolute Gasteiger partial charge is 0.235 e. The Morgan fingerprint density at radius 2 is 1.21 bits per heavy atom. The second kappa shape index (κ2) is 14.1. The van der Waals surface area contributed by atoms with Crippen LogP contribution in [0, 0.1) is 6.92 Å². The highest BCUT2D eigenvalue weighted by atomic mass is 16.5. The molecule has 7 heteroatoms. The topological polar surface area (TPSA) is 78.2 Å². The summed E-state index contributed by atoms with van der Waals surface area (Å²) >= 11 is 0. The van der Waals surface area contributed by atoms with E-state index in [1.807, 2.05) is 116 Å². The van der Waals surface area contributed by atoms with Gasteiger partial charge in [0.25, 0.3) is 0 Å². The van der Waals surface area contributed by atoms with Crippen molar-refractivity contribution in [1.82, 2.24) is 0 Å². The molecule has 0 fully saturated rings. The van der Waals surface area contributed by atoms with E-state index >= 15 is 0 Å². The molecular formula is C40H35NO6. The molecule has 0 N–H and O–H groups in total. The predicted molar refractivity (Wildman–Crippen MR) is 184 cm³/mol. The predicted octanol–water partition coefficient (Wildman–Crippen LogP) is 8.49. The molecule has 0 aliphatic rings. The first-order chi connectivity index (χ1) is 22.9. The lowest BCUT2D eigenvalue weighted by Crippen LogP contribution is -2.23. The van der Waals surface area contributed by atoms with Gasteiger partial charge in [-0.1, -0.05) is 91.0 Å². The van der Waals surface area contributed by atoms with Crippen molar-refractivity contribution in [2.75, 3.05) is 11.9 Å². The Kier molecular flexibility index (Phi) is 9.34. The van der Waals surface area contributed by atoms with Gasteiger partial charge in [0.15, 0.2) is 22.8 Å². The minimum atomic E-state index is -0.338. The van der Waals surface area contributed by atoms with Crippen molar-refractivity contribution in [3.05, 3.63) is 154 Å². The molecule has 0 aliphatic heterocycles. The SMILES string of the molecule is CC(=O)N(C)c1cc(C)cc2c(=O)c(OCc3ccccc3)c(-c3ccc(OCc4ccccc4)c(OCc4ccccc4)c3)oc12. The van der Waals surface area contributed by atoms with Gasteiger partial charge in [-0.15, -0.1) is 0 Å². The Labute approximate surface area is 273 Å². The monoisotopic (exact) mass is 625 g/mol.